The highest BCUT2D eigenvalue weighted by molar-refractivity contribution is 6.06. The molecule has 0 saturated heterocycles. The quantitative estimate of drug-likeness (QED) is 0.534. The van der Waals surface area contributed by atoms with Crippen molar-refractivity contribution >= 4 is 17.5 Å². The smallest absolute Gasteiger partial charge is 0.338 e. The van der Waals surface area contributed by atoms with E-state index < -0.39 is 57.8 Å². The van der Waals surface area contributed by atoms with Crippen molar-refractivity contribution in [2.45, 2.75) is 52.7 Å². The number of hydrogen-bond donors (Lipinski definition) is 3. The van der Waals surface area contributed by atoms with Crippen LogP contribution in [0.25, 0.3) is 0 Å². The maximum absolute atomic E-state index is 13.8. The fraction of sp³-hybridized carbons (Fsp3) is 0.560. The van der Waals surface area contributed by atoms with Crippen LogP contribution >= 0.6 is 0 Å². The van der Waals surface area contributed by atoms with Gasteiger partial charge in [-0.05, 0) is 50.0 Å². The zero-order chi connectivity index (χ0) is 23.4. The zero-order valence-corrected chi connectivity index (χ0v) is 18.6. The monoisotopic (exact) mass is 440 g/mol. The molecule has 1 saturated carbocycles. The number of allylic oxidation sites excluding steroid dienone is 4. The second-order valence-corrected chi connectivity index (χ2v) is 10.7. The predicted molar refractivity (Wildman–Crippen MR) is 113 cm³/mol. The molecule has 4 aliphatic carbocycles. The summed E-state index contributed by atoms with van der Waals surface area (Å²) in [4.78, 5) is 38.7. The molecule has 0 radical (unpaired) electrons. The fourth-order valence-electron chi connectivity index (χ4n) is 7.54. The molecular formula is C25H28O7. The minimum absolute atomic E-state index is 0.159. The average Bonchev–Trinajstić information content (AvgIpc) is 3.26. The van der Waals surface area contributed by atoms with E-state index >= 15 is 0 Å². The van der Waals surface area contributed by atoms with E-state index in [1.807, 2.05) is 6.92 Å². The summed E-state index contributed by atoms with van der Waals surface area (Å²) >= 11 is 0. The maximum atomic E-state index is 13.8. The summed E-state index contributed by atoms with van der Waals surface area (Å²) in [7, 11) is 0. The Morgan fingerprint density at radius 3 is 2.34 bits per heavy atom. The topological polar surface area (TPSA) is 121 Å². The number of rotatable bonds is 1. The first kappa shape index (κ1) is 21.3. The molecule has 0 aromatic rings. The van der Waals surface area contributed by atoms with Gasteiger partial charge in [-0.3, -0.25) is 9.59 Å². The van der Waals surface area contributed by atoms with Crippen molar-refractivity contribution in [2.75, 3.05) is 6.61 Å². The van der Waals surface area contributed by atoms with Crippen LogP contribution in [0.2, 0.25) is 0 Å². The van der Waals surface area contributed by atoms with Gasteiger partial charge in [0.1, 0.15) is 6.61 Å². The minimum Gasteiger partial charge on any atom is -0.504 e. The van der Waals surface area contributed by atoms with Crippen LogP contribution in [0, 0.1) is 28.1 Å². The Bertz CT molecular complexity index is 1100. The highest BCUT2D eigenvalue weighted by atomic mass is 16.5. The zero-order valence-electron chi connectivity index (χ0n) is 18.6. The number of hydrogen-bond acceptors (Lipinski definition) is 7. The van der Waals surface area contributed by atoms with E-state index in [9.17, 15) is 29.7 Å². The summed E-state index contributed by atoms with van der Waals surface area (Å²) in [6.45, 7) is 7.05. The Hall–Kier alpha value is -2.51. The summed E-state index contributed by atoms with van der Waals surface area (Å²) in [5.74, 6) is -3.04. The molecule has 0 amide bonds. The molecular weight excluding hydrogens is 412 g/mol. The van der Waals surface area contributed by atoms with Gasteiger partial charge in [0.05, 0.1) is 23.2 Å². The maximum Gasteiger partial charge on any atom is 0.338 e. The lowest BCUT2D eigenvalue weighted by Gasteiger charge is -2.60. The van der Waals surface area contributed by atoms with E-state index in [0.717, 1.165) is 0 Å². The summed E-state index contributed by atoms with van der Waals surface area (Å²) < 4.78 is 5.04. The highest BCUT2D eigenvalue weighted by Crippen LogP contribution is 2.67. The molecule has 3 N–H and O–H groups in total. The van der Waals surface area contributed by atoms with Crippen molar-refractivity contribution in [1.82, 2.24) is 0 Å². The Kier molecular flexibility index (Phi) is 4.20. The van der Waals surface area contributed by atoms with Gasteiger partial charge in [-0.25, -0.2) is 4.79 Å². The van der Waals surface area contributed by atoms with Gasteiger partial charge in [0.2, 0.25) is 5.78 Å². The van der Waals surface area contributed by atoms with Gasteiger partial charge in [-0.1, -0.05) is 25.5 Å². The third kappa shape index (κ3) is 2.30. The molecule has 1 aliphatic heterocycles. The fourth-order valence-corrected chi connectivity index (χ4v) is 7.54. The van der Waals surface area contributed by atoms with Gasteiger partial charge in [-0.2, -0.15) is 0 Å². The molecule has 6 atom stereocenters. The summed E-state index contributed by atoms with van der Waals surface area (Å²) in [6, 6.07) is 0. The average molecular weight is 440 g/mol. The predicted octanol–water partition coefficient (Wildman–Crippen LogP) is 2.10. The molecule has 32 heavy (non-hydrogen) atoms. The number of esters is 1. The van der Waals surface area contributed by atoms with E-state index in [-0.39, 0.29) is 25.2 Å². The van der Waals surface area contributed by atoms with Crippen LogP contribution in [0.3, 0.4) is 0 Å². The standard InChI is InChI=1S/C25H28O7/c1-23(2)16(28)5-7-24(3)19-15(27)10-13-12(11-6-8-32-22(11)31)9-14(26)17(13)25(19,4)21(30)18(29)20(23)24/h5-7,14-15,17,19,26-27,29H,8-10H2,1-4H3/t14-,15+,17+,19-,24-,25+/m1/s1. The number of carbonyl (C=O) groups is 3. The van der Waals surface area contributed by atoms with Crippen molar-refractivity contribution < 1.29 is 34.4 Å². The number of ketones is 2. The lowest BCUT2D eigenvalue weighted by atomic mass is 9.42. The molecule has 170 valence electrons. The van der Waals surface area contributed by atoms with Gasteiger partial charge in [0.15, 0.2) is 11.5 Å². The normalized spacial score (nSPS) is 42.6. The number of aliphatic hydroxyl groups excluding tert-OH is 3. The van der Waals surface area contributed by atoms with E-state index in [2.05, 4.69) is 0 Å². The van der Waals surface area contributed by atoms with Gasteiger partial charge < -0.3 is 20.1 Å². The van der Waals surface area contributed by atoms with Crippen LogP contribution in [0.1, 0.15) is 40.5 Å². The molecule has 1 heterocycles. The van der Waals surface area contributed by atoms with E-state index in [1.165, 1.54) is 6.08 Å². The van der Waals surface area contributed by atoms with Crippen molar-refractivity contribution in [3.05, 3.63) is 46.3 Å². The van der Waals surface area contributed by atoms with Crippen LogP contribution in [0.15, 0.2) is 46.3 Å². The van der Waals surface area contributed by atoms with E-state index in [1.54, 1.807) is 32.9 Å². The summed E-state index contributed by atoms with van der Waals surface area (Å²) in [5.41, 5.74) is -1.36. The molecule has 5 aliphatic rings. The molecule has 1 fully saturated rings. The second-order valence-electron chi connectivity index (χ2n) is 10.7. The van der Waals surface area contributed by atoms with Gasteiger partial charge in [0, 0.05) is 22.7 Å². The Morgan fingerprint density at radius 2 is 1.72 bits per heavy atom. The molecule has 5 rings (SSSR count). The molecule has 0 bridgehead atoms. The van der Waals surface area contributed by atoms with Crippen LogP contribution in [0.4, 0.5) is 0 Å². The van der Waals surface area contributed by atoms with E-state index in [4.69, 9.17) is 4.74 Å². The number of Topliss-reactive ketones (excluding diaryl/α,β-unsaturated/α-hetero) is 1. The lowest BCUT2D eigenvalue weighted by Crippen LogP contribution is -2.64. The first-order chi connectivity index (χ1) is 14.9. The molecule has 7 heteroatoms. The third-order valence-corrected chi connectivity index (χ3v) is 8.66. The largest absolute Gasteiger partial charge is 0.504 e. The van der Waals surface area contributed by atoms with Crippen molar-refractivity contribution in [3.63, 3.8) is 0 Å². The SMILES string of the molecule is CC1(C)C(=O)C=C[C@@]2(C)C1=C(O)C(=O)[C@@]1(C)[C@H]3C(=C(C4=CCOC4=O)C[C@H]3O)C[C@H](O)[C@@H]12. The van der Waals surface area contributed by atoms with Crippen LogP contribution in [-0.4, -0.2) is 51.7 Å². The highest BCUT2D eigenvalue weighted by Gasteiger charge is 2.69. The van der Waals surface area contributed by atoms with Crippen LogP contribution in [-0.2, 0) is 19.1 Å². The number of fused-ring (bicyclic) bond motifs is 5. The number of ether oxygens (including phenoxy) is 1. The number of cyclic esters (lactones) is 1. The number of aliphatic hydroxyl groups is 3. The van der Waals surface area contributed by atoms with Crippen LogP contribution < -0.4 is 0 Å². The molecule has 0 unspecified atom stereocenters. The van der Waals surface area contributed by atoms with Crippen molar-refractivity contribution in [1.29, 1.82) is 0 Å². The van der Waals surface area contributed by atoms with Gasteiger partial charge >= 0.3 is 5.97 Å². The van der Waals surface area contributed by atoms with Crippen molar-refractivity contribution in [3.8, 4) is 0 Å². The minimum atomic E-state index is -1.32. The first-order valence-corrected chi connectivity index (χ1v) is 11.0. The molecule has 0 spiro atoms. The summed E-state index contributed by atoms with van der Waals surface area (Å²) in [5, 5.41) is 33.8. The van der Waals surface area contributed by atoms with Gasteiger partial charge in [0.25, 0.3) is 0 Å². The van der Waals surface area contributed by atoms with E-state index in [0.29, 0.717) is 22.3 Å². The van der Waals surface area contributed by atoms with Gasteiger partial charge in [-0.15, -0.1) is 0 Å². The molecule has 0 aromatic carbocycles. The Morgan fingerprint density at radius 1 is 1.03 bits per heavy atom. The number of carbonyl (C=O) groups excluding carboxylic acids is 3. The first-order valence-electron chi connectivity index (χ1n) is 11.0. The Labute approximate surface area is 186 Å². The Balaban J connectivity index is 1.75. The van der Waals surface area contributed by atoms with Crippen molar-refractivity contribution in [2.24, 2.45) is 28.1 Å². The molecule has 7 nitrogen and oxygen atoms in total. The van der Waals surface area contributed by atoms with Crippen LogP contribution in [0.5, 0.6) is 0 Å². The second kappa shape index (κ2) is 6.29. The molecule has 0 aromatic heterocycles. The summed E-state index contributed by atoms with van der Waals surface area (Å²) in [6.07, 6.45) is 3.28. The third-order valence-electron chi connectivity index (χ3n) is 8.66. The lowest BCUT2D eigenvalue weighted by molar-refractivity contribution is -0.157.